The van der Waals surface area contributed by atoms with E-state index in [-0.39, 0.29) is 0 Å². The average Bonchev–Trinajstić information content (AvgIpc) is 3.69. The van der Waals surface area contributed by atoms with Crippen molar-refractivity contribution in [2.24, 2.45) is 7.05 Å². The van der Waals surface area contributed by atoms with E-state index in [1.54, 1.807) is 6.20 Å². The van der Waals surface area contributed by atoms with E-state index in [4.69, 9.17) is 8.83 Å². The zero-order valence-corrected chi connectivity index (χ0v) is 22.4. The molecule has 4 aromatic heterocycles. The Morgan fingerprint density at radius 3 is 2.44 bits per heavy atom. The summed E-state index contributed by atoms with van der Waals surface area (Å²) < 4.78 is 17.1. The van der Waals surface area contributed by atoms with E-state index in [1.807, 2.05) is 61.6 Å². The molecule has 0 aliphatic carbocycles. The fourth-order valence-corrected chi connectivity index (χ4v) is 6.00. The minimum absolute atomic E-state index is 0.554. The van der Waals surface area contributed by atoms with E-state index in [0.717, 1.165) is 66.5 Å². The van der Waals surface area contributed by atoms with Gasteiger partial charge in [0.05, 0.1) is 18.7 Å². The molecular formula is C35H23N4O2+. The van der Waals surface area contributed by atoms with Gasteiger partial charge in [0.2, 0.25) is 5.71 Å². The second kappa shape index (κ2) is 8.67. The third-order valence-electron chi connectivity index (χ3n) is 7.93. The second-order valence-electron chi connectivity index (χ2n) is 10.3. The number of aromatic nitrogens is 3. The number of imidazole rings is 1. The molecule has 0 bridgehead atoms. The van der Waals surface area contributed by atoms with Gasteiger partial charge in [-0.25, -0.2) is 9.55 Å². The average molecular weight is 532 g/mol. The molecule has 0 radical (unpaired) electrons. The van der Waals surface area contributed by atoms with Crippen LogP contribution in [0, 0.1) is 18.3 Å². The van der Waals surface area contributed by atoms with Crippen molar-refractivity contribution in [2.75, 3.05) is 0 Å². The van der Waals surface area contributed by atoms with Crippen LogP contribution >= 0.6 is 0 Å². The monoisotopic (exact) mass is 531 g/mol. The van der Waals surface area contributed by atoms with Crippen molar-refractivity contribution in [1.82, 2.24) is 9.55 Å². The lowest BCUT2D eigenvalue weighted by molar-refractivity contribution is -0.659. The van der Waals surface area contributed by atoms with Gasteiger partial charge < -0.3 is 8.83 Å². The molecule has 0 saturated carbocycles. The van der Waals surface area contributed by atoms with Gasteiger partial charge in [0.25, 0.3) is 5.82 Å². The largest absolute Gasteiger partial charge is 0.454 e. The summed E-state index contributed by atoms with van der Waals surface area (Å²) in [5.41, 5.74) is 8.23. The zero-order chi connectivity index (χ0) is 27.7. The number of nitriles is 1. The van der Waals surface area contributed by atoms with E-state index in [9.17, 15) is 5.26 Å². The molecule has 6 heteroatoms. The van der Waals surface area contributed by atoms with Crippen LogP contribution in [-0.4, -0.2) is 9.55 Å². The van der Waals surface area contributed by atoms with Gasteiger partial charge in [0.1, 0.15) is 34.8 Å². The van der Waals surface area contributed by atoms with Crippen molar-refractivity contribution in [3.8, 4) is 34.3 Å². The molecule has 4 aromatic carbocycles. The third-order valence-corrected chi connectivity index (χ3v) is 7.93. The first kappa shape index (κ1) is 23.2. The fraction of sp³-hybridized carbons (Fsp3) is 0.0571. The molecule has 194 valence electrons. The minimum Gasteiger partial charge on any atom is -0.454 e. The number of rotatable bonds is 3. The first-order chi connectivity index (χ1) is 20.1. The summed E-state index contributed by atoms with van der Waals surface area (Å²) in [6, 6.07) is 30.7. The van der Waals surface area contributed by atoms with Gasteiger partial charge in [-0.2, -0.15) is 9.83 Å². The molecule has 41 heavy (non-hydrogen) atoms. The van der Waals surface area contributed by atoms with Crippen molar-refractivity contribution in [3.63, 3.8) is 0 Å². The summed E-state index contributed by atoms with van der Waals surface area (Å²) in [5.74, 6) is 1.01. The van der Waals surface area contributed by atoms with Gasteiger partial charge in [-0.15, -0.1) is 0 Å². The zero-order valence-electron chi connectivity index (χ0n) is 22.4. The Kier molecular flexibility index (Phi) is 4.91. The van der Waals surface area contributed by atoms with Crippen molar-refractivity contribution in [2.45, 2.75) is 6.92 Å². The van der Waals surface area contributed by atoms with Crippen LogP contribution in [0.2, 0.25) is 0 Å². The Bertz CT molecular complexity index is 2350. The molecule has 0 saturated heterocycles. The molecule has 8 rings (SSSR count). The van der Waals surface area contributed by atoms with Crippen LogP contribution in [0.1, 0.15) is 11.1 Å². The van der Waals surface area contributed by atoms with Crippen LogP contribution in [0.25, 0.3) is 72.2 Å². The number of nitrogens with zero attached hydrogens (tertiary/aromatic N) is 4. The topological polar surface area (TPSA) is 71.8 Å². The Morgan fingerprint density at radius 2 is 1.61 bits per heavy atom. The van der Waals surface area contributed by atoms with Gasteiger partial charge in [-0.1, -0.05) is 36.4 Å². The van der Waals surface area contributed by atoms with E-state index in [2.05, 4.69) is 69.8 Å². The molecule has 8 aromatic rings. The molecular weight excluding hydrogens is 508 g/mol. The van der Waals surface area contributed by atoms with Crippen molar-refractivity contribution in [3.05, 3.63) is 115 Å². The predicted octanol–water partition coefficient (Wildman–Crippen LogP) is 8.01. The number of pyridine rings is 1. The molecule has 4 heterocycles. The number of furan rings is 2. The number of hydrogen-bond acceptors (Lipinski definition) is 4. The smallest absolute Gasteiger partial charge is 0.297 e. The number of benzene rings is 4. The van der Waals surface area contributed by atoms with E-state index < -0.39 is 0 Å². The predicted molar refractivity (Wildman–Crippen MR) is 160 cm³/mol. The summed E-state index contributed by atoms with van der Waals surface area (Å²) in [6.07, 6.45) is 5.86. The minimum atomic E-state index is 0.554. The molecule has 0 amide bonds. The Balaban J connectivity index is 1.44. The molecule has 6 nitrogen and oxygen atoms in total. The summed E-state index contributed by atoms with van der Waals surface area (Å²) >= 11 is 0. The molecule has 0 unspecified atom stereocenters. The normalized spacial score (nSPS) is 11.6. The van der Waals surface area contributed by atoms with Gasteiger partial charge in [0.15, 0.2) is 5.58 Å². The summed E-state index contributed by atoms with van der Waals surface area (Å²) in [5, 5.41) is 14.0. The second-order valence-corrected chi connectivity index (χ2v) is 10.3. The van der Waals surface area contributed by atoms with Crippen LogP contribution in [0.5, 0.6) is 0 Å². The maximum atomic E-state index is 10.2. The molecule has 0 N–H and O–H groups in total. The van der Waals surface area contributed by atoms with Crippen LogP contribution in [0.3, 0.4) is 0 Å². The number of para-hydroxylation sites is 1. The lowest BCUT2D eigenvalue weighted by Gasteiger charge is -2.07. The van der Waals surface area contributed by atoms with Crippen LogP contribution in [-0.2, 0) is 7.05 Å². The van der Waals surface area contributed by atoms with Crippen LogP contribution < -0.4 is 4.57 Å². The summed E-state index contributed by atoms with van der Waals surface area (Å²) in [4.78, 5) is 4.37. The van der Waals surface area contributed by atoms with Gasteiger partial charge in [-0.05, 0) is 66.6 Å². The maximum Gasteiger partial charge on any atom is 0.297 e. The summed E-state index contributed by atoms with van der Waals surface area (Å²) in [7, 11) is 2.05. The lowest BCUT2D eigenvalue weighted by atomic mass is 9.95. The molecule has 0 atom stereocenters. The first-order valence-electron chi connectivity index (χ1n) is 13.4. The number of aryl methyl sites for hydroxylation is 2. The first-order valence-corrected chi connectivity index (χ1v) is 13.4. The van der Waals surface area contributed by atoms with Crippen molar-refractivity contribution >= 4 is 44.0 Å². The standard InChI is InChI=1S/C35H23N4O2/c1-21-10-13-25-26-14-11-23(20-36)31(22-12-15-29-28(19-22)27-9-6-16-37-34(27)40-29)33(26)41-32(25)30(21)35-38(2)17-18-39(35)24-7-4-3-5-8-24/h3-19H,1-2H3/q+1. The SMILES string of the molecule is Cc1ccc2c(oc3c(-c4ccc5oc6ncccc6c5c4)c(C#N)ccc32)c1-c1n(-c2ccccc2)cc[n+]1C. The molecule has 0 aliphatic heterocycles. The van der Waals surface area contributed by atoms with Gasteiger partial charge in [-0.3, -0.25) is 0 Å². The Hall–Kier alpha value is -5.67. The van der Waals surface area contributed by atoms with Crippen LogP contribution in [0.15, 0.2) is 112 Å². The fourth-order valence-electron chi connectivity index (χ4n) is 6.00. The highest BCUT2D eigenvalue weighted by atomic mass is 16.3. The molecule has 0 aliphatic rings. The highest BCUT2D eigenvalue weighted by Crippen LogP contribution is 2.43. The quantitative estimate of drug-likeness (QED) is 0.217. The molecule has 0 fully saturated rings. The number of hydrogen-bond donors (Lipinski definition) is 0. The van der Waals surface area contributed by atoms with Crippen molar-refractivity contribution < 1.29 is 13.4 Å². The van der Waals surface area contributed by atoms with Crippen molar-refractivity contribution in [1.29, 1.82) is 5.26 Å². The van der Waals surface area contributed by atoms with Gasteiger partial charge >= 0.3 is 0 Å². The van der Waals surface area contributed by atoms with E-state index in [0.29, 0.717) is 16.9 Å². The van der Waals surface area contributed by atoms with Gasteiger partial charge in [0, 0.05) is 33.3 Å². The highest BCUT2D eigenvalue weighted by Gasteiger charge is 2.27. The van der Waals surface area contributed by atoms with Crippen LogP contribution in [0.4, 0.5) is 0 Å². The molecule has 0 spiro atoms. The highest BCUT2D eigenvalue weighted by molar-refractivity contribution is 6.14. The van der Waals surface area contributed by atoms with E-state index >= 15 is 0 Å². The maximum absolute atomic E-state index is 10.2. The Labute approximate surface area is 234 Å². The third kappa shape index (κ3) is 3.36. The van der Waals surface area contributed by atoms with E-state index in [1.165, 1.54) is 0 Å². The summed E-state index contributed by atoms with van der Waals surface area (Å²) in [6.45, 7) is 2.11. The Morgan fingerprint density at radius 1 is 0.805 bits per heavy atom. The number of fused-ring (bicyclic) bond motifs is 6. The lowest BCUT2D eigenvalue weighted by Crippen LogP contribution is -2.29.